The van der Waals surface area contributed by atoms with Crippen molar-refractivity contribution in [1.82, 2.24) is 0 Å². The fourth-order valence-electron chi connectivity index (χ4n) is 3.08. The quantitative estimate of drug-likeness (QED) is 0.761. The highest BCUT2D eigenvalue weighted by atomic mass is 14.9. The largest absolute Gasteiger partial charge is 0.399 e. The average Bonchev–Trinajstić information content (AvgIpc) is 2.22. The van der Waals surface area contributed by atoms with Crippen LogP contribution in [0.15, 0.2) is 18.2 Å². The number of benzene rings is 1. The summed E-state index contributed by atoms with van der Waals surface area (Å²) < 4.78 is 0. The lowest BCUT2D eigenvalue weighted by molar-refractivity contribution is 0.281. The van der Waals surface area contributed by atoms with Crippen LogP contribution in [0.25, 0.3) is 0 Å². The maximum absolute atomic E-state index is 5.85. The van der Waals surface area contributed by atoms with Gasteiger partial charge in [0.05, 0.1) is 0 Å². The van der Waals surface area contributed by atoms with Gasteiger partial charge in [0.15, 0.2) is 0 Å². The van der Waals surface area contributed by atoms with Crippen LogP contribution < -0.4 is 11.1 Å². The third-order valence-corrected chi connectivity index (χ3v) is 3.80. The van der Waals surface area contributed by atoms with E-state index in [9.17, 15) is 0 Å². The number of anilines is 2. The van der Waals surface area contributed by atoms with E-state index in [1.54, 1.807) is 0 Å². The fraction of sp³-hybridized carbons (Fsp3) is 0.600. The molecule has 0 aliphatic heterocycles. The summed E-state index contributed by atoms with van der Waals surface area (Å²) in [7, 11) is 0. The molecule has 0 spiro atoms. The minimum absolute atomic E-state index is 0.606. The predicted molar refractivity (Wildman–Crippen MR) is 75.2 cm³/mol. The van der Waals surface area contributed by atoms with Gasteiger partial charge in [0.1, 0.15) is 0 Å². The van der Waals surface area contributed by atoms with E-state index in [0.29, 0.717) is 6.04 Å². The lowest BCUT2D eigenvalue weighted by Crippen LogP contribution is -2.30. The van der Waals surface area contributed by atoms with Crippen LogP contribution in [0, 0.1) is 18.8 Å². The van der Waals surface area contributed by atoms with Gasteiger partial charge in [-0.25, -0.2) is 0 Å². The minimum atomic E-state index is 0.606. The van der Waals surface area contributed by atoms with Gasteiger partial charge >= 0.3 is 0 Å². The summed E-state index contributed by atoms with van der Waals surface area (Å²) in [6, 6.07) is 6.72. The third kappa shape index (κ3) is 3.15. The molecule has 2 rings (SSSR count). The van der Waals surface area contributed by atoms with E-state index in [2.05, 4.69) is 38.2 Å². The van der Waals surface area contributed by atoms with Crippen LogP contribution in [0.1, 0.15) is 38.7 Å². The van der Waals surface area contributed by atoms with E-state index in [0.717, 1.165) is 17.5 Å². The normalized spacial score (nSPS) is 29.0. The average molecular weight is 232 g/mol. The van der Waals surface area contributed by atoms with Crippen molar-refractivity contribution < 1.29 is 0 Å². The van der Waals surface area contributed by atoms with Crippen LogP contribution in [0.2, 0.25) is 0 Å². The predicted octanol–water partition coefficient (Wildman–Crippen LogP) is 3.81. The molecule has 2 unspecified atom stereocenters. The van der Waals surface area contributed by atoms with Crippen molar-refractivity contribution in [2.24, 2.45) is 11.8 Å². The number of nitrogen functional groups attached to an aromatic ring is 1. The smallest absolute Gasteiger partial charge is 0.0392 e. The maximum Gasteiger partial charge on any atom is 0.0392 e. The number of aryl methyl sites for hydroxylation is 1. The van der Waals surface area contributed by atoms with Crippen molar-refractivity contribution in [1.29, 1.82) is 0 Å². The Bertz CT molecular complexity index is 377. The molecule has 17 heavy (non-hydrogen) atoms. The topological polar surface area (TPSA) is 38.0 Å². The molecule has 94 valence electrons. The van der Waals surface area contributed by atoms with E-state index >= 15 is 0 Å². The van der Waals surface area contributed by atoms with E-state index in [-0.39, 0.29) is 0 Å². The second-order valence-corrected chi connectivity index (χ2v) is 5.83. The molecule has 0 radical (unpaired) electrons. The zero-order valence-corrected chi connectivity index (χ0v) is 11.2. The van der Waals surface area contributed by atoms with Crippen LogP contribution in [0.4, 0.5) is 11.4 Å². The SMILES string of the molecule is Cc1ccc(N)cc1NC1CC(C)CC(C)C1. The number of nitrogens with one attached hydrogen (secondary N) is 1. The van der Waals surface area contributed by atoms with Crippen molar-refractivity contribution >= 4 is 11.4 Å². The first-order valence-electron chi connectivity index (χ1n) is 6.67. The van der Waals surface area contributed by atoms with Gasteiger partial charge in [0.2, 0.25) is 0 Å². The second kappa shape index (κ2) is 4.99. The summed E-state index contributed by atoms with van der Waals surface area (Å²) in [6.07, 6.45) is 3.92. The van der Waals surface area contributed by atoms with Gasteiger partial charge in [-0.2, -0.15) is 0 Å². The summed E-state index contributed by atoms with van der Waals surface area (Å²) in [5.41, 5.74) is 9.18. The molecular weight excluding hydrogens is 208 g/mol. The first-order chi connectivity index (χ1) is 8.04. The second-order valence-electron chi connectivity index (χ2n) is 5.83. The summed E-state index contributed by atoms with van der Waals surface area (Å²) in [5, 5.41) is 3.67. The van der Waals surface area contributed by atoms with E-state index < -0.39 is 0 Å². The highest BCUT2D eigenvalue weighted by Gasteiger charge is 2.23. The number of nitrogens with two attached hydrogens (primary N) is 1. The van der Waals surface area contributed by atoms with E-state index in [1.165, 1.54) is 30.5 Å². The van der Waals surface area contributed by atoms with Crippen molar-refractivity contribution in [2.75, 3.05) is 11.1 Å². The fourth-order valence-corrected chi connectivity index (χ4v) is 3.08. The maximum atomic E-state index is 5.85. The van der Waals surface area contributed by atoms with Crippen LogP contribution >= 0.6 is 0 Å². The molecule has 1 fully saturated rings. The molecule has 0 aromatic heterocycles. The first-order valence-corrected chi connectivity index (χ1v) is 6.67. The highest BCUT2D eigenvalue weighted by molar-refractivity contribution is 5.59. The molecule has 2 atom stereocenters. The standard InChI is InChI=1S/C15H24N2/c1-10-6-11(2)8-14(7-10)17-15-9-13(16)5-4-12(15)3/h4-5,9-11,14,17H,6-8,16H2,1-3H3. The molecule has 0 heterocycles. The van der Waals surface area contributed by atoms with Crippen molar-refractivity contribution in [3.05, 3.63) is 23.8 Å². The Labute approximate surface area is 105 Å². The Morgan fingerprint density at radius 2 is 1.76 bits per heavy atom. The van der Waals surface area contributed by atoms with Crippen molar-refractivity contribution in [3.63, 3.8) is 0 Å². The molecule has 2 heteroatoms. The summed E-state index contributed by atoms with van der Waals surface area (Å²) in [6.45, 7) is 6.85. The van der Waals surface area contributed by atoms with Gasteiger partial charge in [-0.15, -0.1) is 0 Å². The molecular formula is C15H24N2. The summed E-state index contributed by atoms with van der Waals surface area (Å²) in [5.74, 6) is 1.66. The van der Waals surface area contributed by atoms with Gasteiger partial charge < -0.3 is 11.1 Å². The van der Waals surface area contributed by atoms with Crippen LogP contribution in [-0.4, -0.2) is 6.04 Å². The highest BCUT2D eigenvalue weighted by Crippen LogP contribution is 2.31. The van der Waals surface area contributed by atoms with Crippen LogP contribution in [0.3, 0.4) is 0 Å². The number of rotatable bonds is 2. The van der Waals surface area contributed by atoms with E-state index in [1.807, 2.05) is 6.07 Å². The van der Waals surface area contributed by atoms with Gasteiger partial charge in [0.25, 0.3) is 0 Å². The lowest BCUT2D eigenvalue weighted by Gasteiger charge is -2.33. The molecule has 2 nitrogen and oxygen atoms in total. The zero-order chi connectivity index (χ0) is 12.4. The molecule has 3 N–H and O–H groups in total. The lowest BCUT2D eigenvalue weighted by atomic mass is 9.80. The van der Waals surface area contributed by atoms with Gasteiger partial charge in [-0.3, -0.25) is 0 Å². The molecule has 1 aliphatic rings. The monoisotopic (exact) mass is 232 g/mol. The Hall–Kier alpha value is -1.18. The van der Waals surface area contributed by atoms with Crippen LogP contribution in [-0.2, 0) is 0 Å². The van der Waals surface area contributed by atoms with Crippen molar-refractivity contribution in [2.45, 2.75) is 46.1 Å². The van der Waals surface area contributed by atoms with Gasteiger partial charge in [0, 0.05) is 17.4 Å². The van der Waals surface area contributed by atoms with E-state index in [4.69, 9.17) is 5.73 Å². The molecule has 1 saturated carbocycles. The summed E-state index contributed by atoms with van der Waals surface area (Å²) >= 11 is 0. The minimum Gasteiger partial charge on any atom is -0.399 e. The molecule has 1 aromatic carbocycles. The Balaban J connectivity index is 2.07. The number of hydrogen-bond donors (Lipinski definition) is 2. The zero-order valence-electron chi connectivity index (χ0n) is 11.2. The molecule has 0 bridgehead atoms. The van der Waals surface area contributed by atoms with Crippen molar-refractivity contribution in [3.8, 4) is 0 Å². The molecule has 0 amide bonds. The molecule has 1 aromatic rings. The Morgan fingerprint density at radius 3 is 2.41 bits per heavy atom. The van der Waals surface area contributed by atoms with Crippen LogP contribution in [0.5, 0.6) is 0 Å². The Kier molecular flexibility index (Phi) is 3.60. The molecule has 0 saturated heterocycles. The summed E-state index contributed by atoms with van der Waals surface area (Å²) in [4.78, 5) is 0. The van der Waals surface area contributed by atoms with Gasteiger partial charge in [-0.05, 0) is 55.7 Å². The first kappa shape index (κ1) is 12.3. The van der Waals surface area contributed by atoms with Gasteiger partial charge in [-0.1, -0.05) is 19.9 Å². The Morgan fingerprint density at radius 1 is 1.12 bits per heavy atom. The third-order valence-electron chi connectivity index (χ3n) is 3.80. The molecule has 1 aliphatic carbocycles. The number of hydrogen-bond acceptors (Lipinski definition) is 2.